The summed E-state index contributed by atoms with van der Waals surface area (Å²) < 4.78 is 10.3. The third-order valence-electron chi connectivity index (χ3n) is 3.31. The van der Waals surface area contributed by atoms with Crippen molar-refractivity contribution >= 4 is 5.88 Å². The van der Waals surface area contributed by atoms with Gasteiger partial charge in [0.1, 0.15) is 5.75 Å². The SMILES string of the molecule is CCCC(C)c1noc(N)c1-c1ccc(OC)cc1. The summed E-state index contributed by atoms with van der Waals surface area (Å²) in [5.41, 5.74) is 8.77. The van der Waals surface area contributed by atoms with Crippen molar-refractivity contribution in [1.82, 2.24) is 5.16 Å². The van der Waals surface area contributed by atoms with Gasteiger partial charge in [-0.25, -0.2) is 0 Å². The Morgan fingerprint density at radius 1 is 1.32 bits per heavy atom. The van der Waals surface area contributed by atoms with Gasteiger partial charge in [0.05, 0.1) is 18.4 Å². The fraction of sp³-hybridized carbons (Fsp3) is 0.400. The van der Waals surface area contributed by atoms with E-state index in [1.165, 1.54) is 0 Å². The number of methoxy groups -OCH3 is 1. The minimum Gasteiger partial charge on any atom is -0.497 e. The summed E-state index contributed by atoms with van der Waals surface area (Å²) in [5, 5.41) is 4.12. The van der Waals surface area contributed by atoms with E-state index in [1.54, 1.807) is 7.11 Å². The molecule has 2 rings (SSSR count). The third kappa shape index (κ3) is 2.72. The molecule has 0 saturated heterocycles. The molecule has 2 N–H and O–H groups in total. The van der Waals surface area contributed by atoms with Gasteiger partial charge < -0.3 is 15.0 Å². The van der Waals surface area contributed by atoms with Crippen LogP contribution in [0.2, 0.25) is 0 Å². The average Bonchev–Trinajstić information content (AvgIpc) is 2.81. The lowest BCUT2D eigenvalue weighted by Crippen LogP contribution is -1.97. The Hall–Kier alpha value is -1.97. The first kappa shape index (κ1) is 13.5. The number of aromatic nitrogens is 1. The van der Waals surface area contributed by atoms with Gasteiger partial charge in [0, 0.05) is 5.92 Å². The molecule has 1 unspecified atom stereocenters. The molecule has 0 spiro atoms. The lowest BCUT2D eigenvalue weighted by Gasteiger charge is -2.09. The van der Waals surface area contributed by atoms with E-state index < -0.39 is 0 Å². The number of hydrogen-bond acceptors (Lipinski definition) is 4. The zero-order chi connectivity index (χ0) is 13.8. The Morgan fingerprint density at radius 3 is 2.58 bits per heavy atom. The topological polar surface area (TPSA) is 61.3 Å². The van der Waals surface area contributed by atoms with E-state index in [0.29, 0.717) is 11.8 Å². The van der Waals surface area contributed by atoms with Crippen molar-refractivity contribution in [2.45, 2.75) is 32.6 Å². The molecular weight excluding hydrogens is 240 g/mol. The monoisotopic (exact) mass is 260 g/mol. The molecular formula is C15H20N2O2. The highest BCUT2D eigenvalue weighted by Gasteiger charge is 2.20. The van der Waals surface area contributed by atoms with E-state index in [1.807, 2.05) is 24.3 Å². The van der Waals surface area contributed by atoms with Crippen LogP contribution in [-0.2, 0) is 0 Å². The summed E-state index contributed by atoms with van der Waals surface area (Å²) in [7, 11) is 1.65. The molecule has 1 aromatic heterocycles. The van der Waals surface area contributed by atoms with E-state index in [2.05, 4.69) is 19.0 Å². The van der Waals surface area contributed by atoms with Crippen LogP contribution in [0.4, 0.5) is 5.88 Å². The zero-order valence-electron chi connectivity index (χ0n) is 11.6. The Labute approximate surface area is 113 Å². The van der Waals surface area contributed by atoms with Crippen molar-refractivity contribution in [3.8, 4) is 16.9 Å². The number of nitrogen functional groups attached to an aromatic ring is 1. The number of nitrogens with zero attached hydrogens (tertiary/aromatic N) is 1. The van der Waals surface area contributed by atoms with Crippen molar-refractivity contribution < 1.29 is 9.26 Å². The number of anilines is 1. The number of ether oxygens (including phenoxy) is 1. The molecule has 0 amide bonds. The van der Waals surface area contributed by atoms with Crippen LogP contribution >= 0.6 is 0 Å². The standard InChI is InChI=1S/C15H20N2O2/c1-4-5-10(2)14-13(15(16)19-17-14)11-6-8-12(18-3)9-7-11/h6-10H,4-5,16H2,1-3H3. The summed E-state index contributed by atoms with van der Waals surface area (Å²) >= 11 is 0. The number of hydrogen-bond donors (Lipinski definition) is 1. The van der Waals surface area contributed by atoms with Gasteiger partial charge in [-0.1, -0.05) is 37.6 Å². The number of rotatable bonds is 5. The largest absolute Gasteiger partial charge is 0.497 e. The summed E-state index contributed by atoms with van der Waals surface area (Å²) in [5.74, 6) is 1.54. The van der Waals surface area contributed by atoms with Gasteiger partial charge in [-0.05, 0) is 24.1 Å². The lowest BCUT2D eigenvalue weighted by atomic mass is 9.95. The van der Waals surface area contributed by atoms with Crippen molar-refractivity contribution in [1.29, 1.82) is 0 Å². The summed E-state index contributed by atoms with van der Waals surface area (Å²) in [6.07, 6.45) is 2.17. The molecule has 4 nitrogen and oxygen atoms in total. The Balaban J connectivity index is 2.39. The highest BCUT2D eigenvalue weighted by atomic mass is 16.5. The summed E-state index contributed by atoms with van der Waals surface area (Å²) in [4.78, 5) is 0. The Kier molecular flexibility index (Phi) is 4.10. The van der Waals surface area contributed by atoms with E-state index in [-0.39, 0.29) is 0 Å². The zero-order valence-corrected chi connectivity index (χ0v) is 11.6. The van der Waals surface area contributed by atoms with Crippen LogP contribution in [-0.4, -0.2) is 12.3 Å². The molecule has 2 aromatic rings. The normalized spacial score (nSPS) is 12.4. The molecule has 0 aliphatic carbocycles. The van der Waals surface area contributed by atoms with Crippen LogP contribution < -0.4 is 10.5 Å². The second-order valence-electron chi connectivity index (χ2n) is 4.73. The first-order valence-electron chi connectivity index (χ1n) is 6.56. The van der Waals surface area contributed by atoms with E-state index >= 15 is 0 Å². The maximum absolute atomic E-state index is 5.92. The van der Waals surface area contributed by atoms with Gasteiger partial charge in [-0.2, -0.15) is 0 Å². The fourth-order valence-electron chi connectivity index (χ4n) is 2.27. The average molecular weight is 260 g/mol. The van der Waals surface area contributed by atoms with Crippen molar-refractivity contribution in [2.75, 3.05) is 12.8 Å². The fourth-order valence-corrected chi connectivity index (χ4v) is 2.27. The van der Waals surface area contributed by atoms with Gasteiger partial charge in [0.15, 0.2) is 0 Å². The third-order valence-corrected chi connectivity index (χ3v) is 3.31. The predicted octanol–water partition coefficient (Wildman–Crippen LogP) is 3.84. The van der Waals surface area contributed by atoms with Gasteiger partial charge in [0.25, 0.3) is 0 Å². The smallest absolute Gasteiger partial charge is 0.230 e. The van der Waals surface area contributed by atoms with Crippen molar-refractivity contribution in [2.24, 2.45) is 0 Å². The van der Waals surface area contributed by atoms with E-state index in [4.69, 9.17) is 15.0 Å². The molecule has 0 aliphatic heterocycles. The highest BCUT2D eigenvalue weighted by molar-refractivity contribution is 5.75. The lowest BCUT2D eigenvalue weighted by molar-refractivity contribution is 0.415. The summed E-state index contributed by atoms with van der Waals surface area (Å²) in [6.45, 7) is 4.31. The number of nitrogens with two attached hydrogens (primary N) is 1. The molecule has 19 heavy (non-hydrogen) atoms. The Morgan fingerprint density at radius 2 is 2.00 bits per heavy atom. The van der Waals surface area contributed by atoms with Crippen LogP contribution in [0.15, 0.2) is 28.8 Å². The van der Waals surface area contributed by atoms with Crippen molar-refractivity contribution in [3.05, 3.63) is 30.0 Å². The molecule has 1 aromatic carbocycles. The maximum Gasteiger partial charge on any atom is 0.230 e. The Bertz CT molecular complexity index is 532. The first-order chi connectivity index (χ1) is 9.17. The first-order valence-corrected chi connectivity index (χ1v) is 6.56. The van der Waals surface area contributed by atoms with Crippen molar-refractivity contribution in [3.63, 3.8) is 0 Å². The second kappa shape index (κ2) is 5.78. The maximum atomic E-state index is 5.92. The molecule has 0 bridgehead atoms. The van der Waals surface area contributed by atoms with Gasteiger partial charge in [-0.15, -0.1) is 0 Å². The van der Waals surface area contributed by atoms with Gasteiger partial charge in [-0.3, -0.25) is 0 Å². The second-order valence-corrected chi connectivity index (χ2v) is 4.73. The molecule has 0 aliphatic rings. The highest BCUT2D eigenvalue weighted by Crippen LogP contribution is 2.36. The van der Waals surface area contributed by atoms with Gasteiger partial charge in [0.2, 0.25) is 5.88 Å². The molecule has 1 heterocycles. The van der Waals surface area contributed by atoms with Crippen LogP contribution in [0.5, 0.6) is 5.75 Å². The molecule has 1 atom stereocenters. The minimum atomic E-state index is 0.336. The summed E-state index contributed by atoms with van der Waals surface area (Å²) in [6, 6.07) is 7.78. The molecule has 0 saturated carbocycles. The van der Waals surface area contributed by atoms with Gasteiger partial charge >= 0.3 is 0 Å². The quantitative estimate of drug-likeness (QED) is 0.887. The number of benzene rings is 1. The van der Waals surface area contributed by atoms with Crippen LogP contribution in [0.1, 0.15) is 38.3 Å². The molecule has 102 valence electrons. The minimum absolute atomic E-state index is 0.336. The van der Waals surface area contributed by atoms with E-state index in [9.17, 15) is 0 Å². The predicted molar refractivity (Wildman–Crippen MR) is 76.2 cm³/mol. The van der Waals surface area contributed by atoms with Crippen LogP contribution in [0.25, 0.3) is 11.1 Å². The van der Waals surface area contributed by atoms with Crippen LogP contribution in [0, 0.1) is 0 Å². The van der Waals surface area contributed by atoms with E-state index in [0.717, 1.165) is 35.4 Å². The molecule has 4 heteroatoms. The molecule has 0 radical (unpaired) electrons. The molecule has 0 fully saturated rings. The van der Waals surface area contributed by atoms with Crippen LogP contribution in [0.3, 0.4) is 0 Å².